The summed E-state index contributed by atoms with van der Waals surface area (Å²) in [6.45, 7) is 19.1. The van der Waals surface area contributed by atoms with Crippen molar-refractivity contribution < 1.29 is 19.1 Å². The molecule has 0 saturated carbocycles. The number of ether oxygens (including phenoxy) is 2. The van der Waals surface area contributed by atoms with E-state index in [1.54, 1.807) is 21.1 Å². The molecule has 0 heterocycles. The molecule has 0 aliphatic heterocycles. The van der Waals surface area contributed by atoms with E-state index < -0.39 is 0 Å². The highest BCUT2D eigenvalue weighted by Gasteiger charge is 2.18. The van der Waals surface area contributed by atoms with Gasteiger partial charge in [-0.1, -0.05) is 55.1 Å². The zero-order valence-electron chi connectivity index (χ0n) is 26.6. The first-order valence-corrected chi connectivity index (χ1v) is 14.7. The predicted octanol–water partition coefficient (Wildman–Crippen LogP) is 7.41. The van der Waals surface area contributed by atoms with Crippen molar-refractivity contribution in [2.45, 2.75) is 40.5 Å². The van der Waals surface area contributed by atoms with E-state index in [0.717, 1.165) is 38.8 Å². The third kappa shape index (κ3) is 12.0. The second-order valence-corrected chi connectivity index (χ2v) is 9.69. The first-order chi connectivity index (χ1) is 20.3. The number of carbonyl (C=O) groups excluding carboxylic acids is 2. The Morgan fingerprint density at radius 2 is 0.976 bits per heavy atom. The highest BCUT2D eigenvalue weighted by Crippen LogP contribution is 2.34. The number of methoxy groups -OCH3 is 2. The summed E-state index contributed by atoms with van der Waals surface area (Å²) in [6, 6.07) is 25.8. The molecule has 0 aliphatic carbocycles. The summed E-state index contributed by atoms with van der Waals surface area (Å²) in [6.07, 6.45) is 1.62. The molecule has 6 heteroatoms. The molecule has 0 spiro atoms. The van der Waals surface area contributed by atoms with Gasteiger partial charge in [0.15, 0.2) is 0 Å². The lowest BCUT2D eigenvalue weighted by Gasteiger charge is -2.25. The van der Waals surface area contributed by atoms with Crippen LogP contribution in [0.1, 0.15) is 67.6 Å². The summed E-state index contributed by atoms with van der Waals surface area (Å²) in [5.74, 6) is 0.122. The van der Waals surface area contributed by atoms with Gasteiger partial charge in [-0.25, -0.2) is 0 Å². The van der Waals surface area contributed by atoms with Gasteiger partial charge in [0.2, 0.25) is 0 Å². The summed E-state index contributed by atoms with van der Waals surface area (Å²) in [5.41, 5.74) is 7.48. The van der Waals surface area contributed by atoms with Gasteiger partial charge >= 0.3 is 0 Å². The smallest absolute Gasteiger partial charge is 0.150 e. The van der Waals surface area contributed by atoms with E-state index in [1.165, 1.54) is 28.1 Å². The molecule has 0 saturated heterocycles. The minimum atomic E-state index is 0.122. The van der Waals surface area contributed by atoms with Crippen LogP contribution in [0.2, 0.25) is 0 Å². The summed E-state index contributed by atoms with van der Waals surface area (Å²) in [4.78, 5) is 25.3. The summed E-state index contributed by atoms with van der Waals surface area (Å²) < 4.78 is 9.31. The minimum absolute atomic E-state index is 0.122. The van der Waals surface area contributed by atoms with E-state index in [-0.39, 0.29) is 5.92 Å². The van der Waals surface area contributed by atoms with Crippen LogP contribution < -0.4 is 9.80 Å². The molecule has 0 fully saturated rings. The predicted molar refractivity (Wildman–Crippen MR) is 177 cm³/mol. The standard InChI is InChI=1S/C28H34N2O.C4H10O2.C4H6O/c1-5-29(6-2)26-17-13-24(14-18-26)28(23-11-9-22(21-31)10-12-23)25-15-19-27(20-16-25)30(7-3)8-4;1-5-3-4-6-2;1-4(2)3-5/h9-21,28H,5-8H2,1-4H3;3-4H2,1-2H3;3H,1H2,2H3. The van der Waals surface area contributed by atoms with Crippen molar-refractivity contribution in [1.82, 2.24) is 0 Å². The third-order valence-electron chi connectivity index (χ3n) is 6.81. The van der Waals surface area contributed by atoms with Crippen molar-refractivity contribution in [3.8, 4) is 0 Å². The molecule has 42 heavy (non-hydrogen) atoms. The number of aldehydes is 2. The first kappa shape index (κ1) is 36.3. The molecule has 0 aromatic heterocycles. The van der Waals surface area contributed by atoms with Crippen LogP contribution in [0.3, 0.4) is 0 Å². The Kier molecular flexibility index (Phi) is 18.2. The van der Waals surface area contributed by atoms with Crippen LogP contribution in [0.4, 0.5) is 11.4 Å². The van der Waals surface area contributed by atoms with Gasteiger partial charge in [-0.3, -0.25) is 9.59 Å². The zero-order valence-corrected chi connectivity index (χ0v) is 26.6. The molecule has 0 bridgehead atoms. The van der Waals surface area contributed by atoms with Gasteiger partial charge in [-0.05, 0) is 81.1 Å². The van der Waals surface area contributed by atoms with Crippen molar-refractivity contribution in [2.75, 3.05) is 63.4 Å². The number of nitrogens with zero attached hydrogens (tertiary/aromatic N) is 2. The molecular formula is C36H50N2O4. The molecule has 0 radical (unpaired) electrons. The number of hydrogen-bond donors (Lipinski definition) is 0. The SMILES string of the molecule is C=C(C)C=O.CCN(CC)c1ccc(C(c2ccc(C=O)cc2)c2ccc(N(CC)CC)cc2)cc1.COCCOC. The van der Waals surface area contributed by atoms with Gasteiger partial charge in [-0.2, -0.15) is 0 Å². The highest BCUT2D eigenvalue weighted by atomic mass is 16.5. The van der Waals surface area contributed by atoms with Gasteiger partial charge in [0.05, 0.1) is 13.2 Å². The van der Waals surface area contributed by atoms with E-state index in [2.05, 4.69) is 114 Å². The maximum Gasteiger partial charge on any atom is 0.150 e. The number of allylic oxidation sites excluding steroid dienone is 1. The molecule has 3 aromatic rings. The Morgan fingerprint density at radius 1 is 0.667 bits per heavy atom. The Hall–Kier alpha value is -3.74. The molecule has 3 aromatic carbocycles. The molecular weight excluding hydrogens is 524 g/mol. The van der Waals surface area contributed by atoms with Crippen LogP contribution in [0.5, 0.6) is 0 Å². The monoisotopic (exact) mass is 574 g/mol. The zero-order chi connectivity index (χ0) is 31.3. The fourth-order valence-corrected chi connectivity index (χ4v) is 4.44. The lowest BCUT2D eigenvalue weighted by atomic mass is 9.84. The Labute approximate surface area is 254 Å². The van der Waals surface area contributed by atoms with Crippen molar-refractivity contribution in [3.05, 3.63) is 107 Å². The number of anilines is 2. The normalized spacial score (nSPS) is 10.1. The average Bonchev–Trinajstić information content (AvgIpc) is 3.03. The molecule has 6 nitrogen and oxygen atoms in total. The maximum absolute atomic E-state index is 11.1. The number of carbonyl (C=O) groups is 2. The largest absolute Gasteiger partial charge is 0.382 e. The molecule has 228 valence electrons. The van der Waals surface area contributed by atoms with Crippen molar-refractivity contribution in [3.63, 3.8) is 0 Å². The van der Waals surface area contributed by atoms with E-state index in [9.17, 15) is 9.59 Å². The van der Waals surface area contributed by atoms with Crippen LogP contribution >= 0.6 is 0 Å². The van der Waals surface area contributed by atoms with E-state index in [0.29, 0.717) is 24.4 Å². The number of rotatable bonds is 14. The Bertz CT molecular complexity index is 1090. The van der Waals surface area contributed by atoms with E-state index in [1.807, 2.05) is 12.1 Å². The lowest BCUT2D eigenvalue weighted by Crippen LogP contribution is -2.21. The van der Waals surface area contributed by atoms with Crippen molar-refractivity contribution in [2.24, 2.45) is 0 Å². The molecule has 3 rings (SSSR count). The van der Waals surface area contributed by atoms with Gasteiger partial charge in [-0.15, -0.1) is 0 Å². The molecule has 0 N–H and O–H groups in total. The fraction of sp³-hybridized carbons (Fsp3) is 0.389. The lowest BCUT2D eigenvalue weighted by molar-refractivity contribution is -0.104. The van der Waals surface area contributed by atoms with Crippen molar-refractivity contribution in [1.29, 1.82) is 0 Å². The minimum Gasteiger partial charge on any atom is -0.382 e. The highest BCUT2D eigenvalue weighted by molar-refractivity contribution is 5.74. The number of hydrogen-bond acceptors (Lipinski definition) is 6. The second-order valence-electron chi connectivity index (χ2n) is 9.69. The first-order valence-electron chi connectivity index (χ1n) is 14.7. The van der Waals surface area contributed by atoms with Gasteiger partial charge in [0.1, 0.15) is 12.6 Å². The Morgan fingerprint density at radius 3 is 1.21 bits per heavy atom. The molecule has 0 unspecified atom stereocenters. The number of benzene rings is 3. The van der Waals surface area contributed by atoms with Crippen molar-refractivity contribution >= 4 is 23.9 Å². The van der Waals surface area contributed by atoms with Gasteiger partial charge in [0, 0.05) is 63.3 Å². The van der Waals surface area contributed by atoms with E-state index in [4.69, 9.17) is 0 Å². The van der Waals surface area contributed by atoms with Crippen LogP contribution in [0, 0.1) is 0 Å². The molecule has 0 aliphatic rings. The fourth-order valence-electron chi connectivity index (χ4n) is 4.44. The quantitative estimate of drug-likeness (QED) is 0.0865. The Balaban J connectivity index is 0.000000682. The topological polar surface area (TPSA) is 59.1 Å². The van der Waals surface area contributed by atoms with Crippen LogP contribution in [0.15, 0.2) is 84.9 Å². The third-order valence-corrected chi connectivity index (χ3v) is 6.81. The summed E-state index contributed by atoms with van der Waals surface area (Å²) in [5, 5.41) is 0. The van der Waals surface area contributed by atoms with Gasteiger partial charge < -0.3 is 19.3 Å². The van der Waals surface area contributed by atoms with Crippen LogP contribution in [-0.4, -0.2) is 66.2 Å². The summed E-state index contributed by atoms with van der Waals surface area (Å²) >= 11 is 0. The van der Waals surface area contributed by atoms with Crippen LogP contribution in [0.25, 0.3) is 0 Å². The van der Waals surface area contributed by atoms with E-state index >= 15 is 0 Å². The molecule has 0 atom stereocenters. The average molecular weight is 575 g/mol. The maximum atomic E-state index is 11.1. The second kappa shape index (κ2) is 21.0. The summed E-state index contributed by atoms with van der Waals surface area (Å²) in [7, 11) is 3.30. The van der Waals surface area contributed by atoms with Gasteiger partial charge in [0.25, 0.3) is 0 Å². The molecule has 0 amide bonds. The van der Waals surface area contributed by atoms with Crippen LogP contribution in [-0.2, 0) is 14.3 Å².